The average molecular weight is 590 g/mol. The number of carbonyl (C=O) groups is 2. The van der Waals surface area contributed by atoms with E-state index in [4.69, 9.17) is 0 Å². The fourth-order valence-corrected chi connectivity index (χ4v) is 3.77. The highest BCUT2D eigenvalue weighted by atomic mass is 19.4. The minimum Gasteiger partial charge on any atom is -0.337 e. The Bertz CT molecular complexity index is 882. The van der Waals surface area contributed by atoms with E-state index in [0.717, 1.165) is 0 Å². The van der Waals surface area contributed by atoms with Crippen LogP contribution in [0.15, 0.2) is 0 Å². The van der Waals surface area contributed by atoms with Crippen molar-refractivity contribution < 1.29 is 75.8 Å². The number of amides is 2. The molecule has 2 amide bonds. The number of piperidine rings is 2. The predicted octanol–water partition coefficient (Wildman–Crippen LogP) is 5.39. The van der Waals surface area contributed by atoms with Crippen molar-refractivity contribution in [3.8, 4) is 0 Å². The van der Waals surface area contributed by atoms with Gasteiger partial charge >= 0.3 is 41.8 Å². The van der Waals surface area contributed by atoms with E-state index in [1.165, 1.54) is 0 Å². The highest BCUT2D eigenvalue weighted by Gasteiger charge is 2.90. The molecule has 0 aromatic heterocycles. The highest BCUT2D eigenvalue weighted by Crippen LogP contribution is 2.59. The van der Waals surface area contributed by atoms with Crippen LogP contribution in [0.3, 0.4) is 0 Å². The van der Waals surface area contributed by atoms with Gasteiger partial charge in [0.05, 0.1) is 0 Å². The molecule has 0 aromatic carbocycles. The molecule has 0 aliphatic carbocycles. The van der Waals surface area contributed by atoms with Gasteiger partial charge < -0.3 is 9.80 Å². The minimum absolute atomic E-state index is 0.0904. The summed E-state index contributed by atoms with van der Waals surface area (Å²) in [6.45, 7) is -2.88. The molecule has 0 N–H and O–H groups in total. The normalized spacial score (nSPS) is 20.8. The van der Waals surface area contributed by atoms with Crippen LogP contribution in [0.25, 0.3) is 0 Å². The maximum atomic E-state index is 14.6. The molecule has 38 heavy (non-hydrogen) atoms. The predicted molar refractivity (Wildman–Crippen MR) is 96.6 cm³/mol. The van der Waals surface area contributed by atoms with E-state index >= 15 is 0 Å². The SMILES string of the molecule is O=C(N1CCCCC1)C(F)(F)C(F)(F)C(F)(F)C(F)(F)C(F)(F)O[C@@](F)(C(=O)N1CCCCC1)C(F)(F)F. The Hall–Kier alpha value is -2.08. The Kier molecular flexibility index (Phi) is 8.58. The summed E-state index contributed by atoms with van der Waals surface area (Å²) in [5, 5.41) is 0. The van der Waals surface area contributed by atoms with Crippen LogP contribution < -0.4 is 0 Å². The number of nitrogens with zero attached hydrogens (tertiary/aromatic N) is 2. The van der Waals surface area contributed by atoms with Gasteiger partial charge in [0.2, 0.25) is 0 Å². The van der Waals surface area contributed by atoms with Crippen molar-refractivity contribution in [3.63, 3.8) is 0 Å². The van der Waals surface area contributed by atoms with Crippen LogP contribution in [0, 0.1) is 0 Å². The van der Waals surface area contributed by atoms with Crippen molar-refractivity contribution in [1.29, 1.82) is 0 Å². The summed E-state index contributed by atoms with van der Waals surface area (Å²) in [5.74, 6) is -43.2. The second-order valence-electron chi connectivity index (χ2n) is 8.72. The first-order valence-electron chi connectivity index (χ1n) is 10.9. The molecule has 0 radical (unpaired) electrons. The Morgan fingerprint density at radius 2 is 0.868 bits per heavy atom. The molecule has 0 unspecified atom stereocenters. The van der Waals surface area contributed by atoms with Crippen LogP contribution in [-0.4, -0.2) is 89.6 Å². The van der Waals surface area contributed by atoms with Crippen LogP contribution in [0.2, 0.25) is 0 Å². The maximum absolute atomic E-state index is 14.6. The van der Waals surface area contributed by atoms with Crippen molar-refractivity contribution >= 4 is 11.8 Å². The fourth-order valence-electron chi connectivity index (χ4n) is 3.77. The number of alkyl halides is 14. The van der Waals surface area contributed by atoms with Crippen LogP contribution in [0.5, 0.6) is 0 Å². The van der Waals surface area contributed by atoms with Crippen molar-refractivity contribution in [3.05, 3.63) is 0 Å². The van der Waals surface area contributed by atoms with Crippen molar-refractivity contribution in [1.82, 2.24) is 9.80 Å². The number of likely N-dealkylation sites (tertiary alicyclic amines) is 2. The van der Waals surface area contributed by atoms with Crippen LogP contribution in [-0.2, 0) is 14.3 Å². The molecule has 2 aliphatic heterocycles. The van der Waals surface area contributed by atoms with Crippen LogP contribution in [0.4, 0.5) is 61.5 Å². The number of hydrogen-bond donors (Lipinski definition) is 0. The van der Waals surface area contributed by atoms with Gasteiger partial charge in [0, 0.05) is 26.2 Å². The third-order valence-electron chi connectivity index (χ3n) is 6.01. The molecule has 2 heterocycles. The van der Waals surface area contributed by atoms with Gasteiger partial charge in [0.1, 0.15) is 0 Å². The van der Waals surface area contributed by atoms with Crippen molar-refractivity contribution in [2.24, 2.45) is 0 Å². The van der Waals surface area contributed by atoms with E-state index in [1.54, 1.807) is 0 Å². The Balaban J connectivity index is 2.47. The Morgan fingerprint density at radius 1 is 0.500 bits per heavy atom. The first-order valence-corrected chi connectivity index (χ1v) is 10.9. The van der Waals surface area contributed by atoms with Crippen LogP contribution >= 0.6 is 0 Å². The molecular weight excluding hydrogens is 570 g/mol. The van der Waals surface area contributed by atoms with Crippen LogP contribution in [0.1, 0.15) is 38.5 Å². The summed E-state index contributed by atoms with van der Waals surface area (Å²) in [7, 11) is 0. The average Bonchev–Trinajstić information content (AvgIpc) is 2.82. The third kappa shape index (κ3) is 5.10. The number of halogens is 14. The fraction of sp³-hybridized carbons (Fsp3) is 0.895. The van der Waals surface area contributed by atoms with E-state index in [1.807, 2.05) is 0 Å². The van der Waals surface area contributed by atoms with Gasteiger partial charge in [0.15, 0.2) is 0 Å². The number of hydrogen-bond acceptors (Lipinski definition) is 3. The Labute approximate surface area is 205 Å². The van der Waals surface area contributed by atoms with Gasteiger partial charge in [-0.15, -0.1) is 0 Å². The molecule has 0 spiro atoms. The lowest BCUT2D eigenvalue weighted by Crippen LogP contribution is -2.72. The van der Waals surface area contributed by atoms with Gasteiger partial charge in [-0.2, -0.15) is 61.5 Å². The number of ether oxygens (including phenoxy) is 1. The quantitative estimate of drug-likeness (QED) is 0.357. The van der Waals surface area contributed by atoms with Gasteiger partial charge in [-0.3, -0.25) is 14.3 Å². The zero-order valence-electron chi connectivity index (χ0n) is 19.0. The van der Waals surface area contributed by atoms with Crippen molar-refractivity contribution in [2.45, 2.75) is 80.4 Å². The van der Waals surface area contributed by atoms with E-state index in [0.29, 0.717) is 0 Å². The molecule has 2 saturated heterocycles. The summed E-state index contributed by atoms with van der Waals surface area (Å²) in [5.41, 5.74) is 0. The van der Waals surface area contributed by atoms with Gasteiger partial charge in [0.25, 0.3) is 11.8 Å². The molecule has 0 aromatic rings. The maximum Gasteiger partial charge on any atom is 0.458 e. The molecule has 1 atom stereocenters. The number of rotatable bonds is 8. The minimum atomic E-state index is -8.03. The van der Waals surface area contributed by atoms with Crippen molar-refractivity contribution in [2.75, 3.05) is 26.2 Å². The zero-order valence-corrected chi connectivity index (χ0v) is 19.0. The summed E-state index contributed by atoms with van der Waals surface area (Å²) in [4.78, 5) is 23.5. The summed E-state index contributed by atoms with van der Waals surface area (Å²) in [6.07, 6.45) is -14.5. The molecule has 5 nitrogen and oxygen atoms in total. The molecule has 222 valence electrons. The summed E-state index contributed by atoms with van der Waals surface area (Å²) >= 11 is 0. The molecule has 2 rings (SSSR count). The molecule has 0 bridgehead atoms. The molecule has 2 aliphatic rings. The molecule has 0 saturated carbocycles. The lowest BCUT2D eigenvalue weighted by Gasteiger charge is -2.42. The van der Waals surface area contributed by atoms with E-state index in [-0.39, 0.29) is 48.3 Å². The monoisotopic (exact) mass is 590 g/mol. The van der Waals surface area contributed by atoms with E-state index in [9.17, 15) is 71.1 Å². The summed E-state index contributed by atoms with van der Waals surface area (Å²) in [6, 6.07) is 0. The summed E-state index contributed by atoms with van der Waals surface area (Å²) < 4.78 is 198. The Morgan fingerprint density at radius 3 is 1.24 bits per heavy atom. The lowest BCUT2D eigenvalue weighted by molar-refractivity contribution is -0.481. The molecule has 19 heteroatoms. The smallest absolute Gasteiger partial charge is 0.337 e. The first-order chi connectivity index (χ1) is 17.0. The second kappa shape index (κ2) is 10.1. The first kappa shape index (κ1) is 32.1. The molecule has 2 fully saturated rings. The largest absolute Gasteiger partial charge is 0.458 e. The number of carbonyl (C=O) groups excluding carboxylic acids is 2. The van der Waals surface area contributed by atoms with Gasteiger partial charge in [-0.25, -0.2) is 0 Å². The molecular formula is C19H20F14N2O3. The lowest BCUT2D eigenvalue weighted by atomic mass is 9.96. The highest BCUT2D eigenvalue weighted by molar-refractivity contribution is 5.85. The van der Waals surface area contributed by atoms with E-state index in [2.05, 4.69) is 4.74 Å². The van der Waals surface area contributed by atoms with E-state index < -0.39 is 79.8 Å². The topological polar surface area (TPSA) is 49.9 Å². The zero-order chi connectivity index (χ0) is 29.6. The van der Waals surface area contributed by atoms with Gasteiger partial charge in [-0.1, -0.05) is 0 Å². The standard InChI is InChI=1S/C19H20F14N2O3/c20-13(21,11(36)34-7-3-1-4-8-34)15(23,24)16(25,26)17(27,28)19(32,33)38-14(22,18(29,30)31)12(37)35-9-5-2-6-10-35/h1-10H2/t14-/m0/s1. The second-order valence-corrected chi connectivity index (χ2v) is 8.72. The third-order valence-corrected chi connectivity index (χ3v) is 6.01. The van der Waals surface area contributed by atoms with Gasteiger partial charge in [-0.05, 0) is 38.5 Å².